The molecule has 2 N–H and O–H groups in total. The number of Topliss-reactive ketones (excluding diaryl/α,β-unsaturated/α-hetero) is 1. The third kappa shape index (κ3) is 2.17. The zero-order valence-electron chi connectivity index (χ0n) is 9.78. The molecule has 1 aliphatic carbocycles. The standard InChI is InChI=1S/C14H19NO/c1-10(9-15)14(16)13-7-3-6-12(8-13)11-4-2-5-11/h3,6-8,10-11H,2,4-5,9,15H2,1H3. The first-order valence-corrected chi connectivity index (χ1v) is 6.06. The molecule has 1 unspecified atom stereocenters. The molecule has 2 rings (SSSR count). The van der Waals surface area contributed by atoms with Gasteiger partial charge in [0.2, 0.25) is 0 Å². The lowest BCUT2D eigenvalue weighted by Gasteiger charge is -2.26. The summed E-state index contributed by atoms with van der Waals surface area (Å²) >= 11 is 0. The van der Waals surface area contributed by atoms with Gasteiger partial charge in [-0.3, -0.25) is 4.79 Å². The molecule has 0 aromatic heterocycles. The number of benzene rings is 1. The minimum atomic E-state index is -0.0726. The first-order valence-electron chi connectivity index (χ1n) is 6.06. The molecule has 2 heteroatoms. The molecule has 1 aromatic rings. The van der Waals surface area contributed by atoms with Crippen molar-refractivity contribution in [1.29, 1.82) is 0 Å². The second-order valence-corrected chi connectivity index (χ2v) is 4.75. The van der Waals surface area contributed by atoms with Gasteiger partial charge >= 0.3 is 0 Å². The summed E-state index contributed by atoms with van der Waals surface area (Å²) < 4.78 is 0. The molecule has 86 valence electrons. The van der Waals surface area contributed by atoms with Crippen LogP contribution in [0.15, 0.2) is 24.3 Å². The molecule has 0 spiro atoms. The van der Waals surface area contributed by atoms with E-state index in [0.29, 0.717) is 12.5 Å². The van der Waals surface area contributed by atoms with Crippen LogP contribution in [0.1, 0.15) is 48.0 Å². The minimum Gasteiger partial charge on any atom is -0.330 e. The van der Waals surface area contributed by atoms with Crippen LogP contribution in [0.4, 0.5) is 0 Å². The Morgan fingerprint density at radius 2 is 2.25 bits per heavy atom. The van der Waals surface area contributed by atoms with Crippen molar-refractivity contribution in [2.45, 2.75) is 32.1 Å². The summed E-state index contributed by atoms with van der Waals surface area (Å²) in [4.78, 5) is 12.0. The molecule has 0 heterocycles. The van der Waals surface area contributed by atoms with Gasteiger partial charge in [0.1, 0.15) is 0 Å². The smallest absolute Gasteiger partial charge is 0.166 e. The van der Waals surface area contributed by atoms with E-state index in [-0.39, 0.29) is 11.7 Å². The van der Waals surface area contributed by atoms with Gasteiger partial charge in [-0.25, -0.2) is 0 Å². The Balaban J connectivity index is 2.18. The van der Waals surface area contributed by atoms with Gasteiger partial charge in [-0.1, -0.05) is 31.5 Å². The maximum atomic E-state index is 12.0. The molecular formula is C14H19NO. The predicted octanol–water partition coefficient (Wildman–Crippen LogP) is 2.73. The van der Waals surface area contributed by atoms with Gasteiger partial charge in [-0.05, 0) is 30.4 Å². The molecule has 1 fully saturated rings. The molecular weight excluding hydrogens is 198 g/mol. The Morgan fingerprint density at radius 3 is 2.81 bits per heavy atom. The Morgan fingerprint density at radius 1 is 1.50 bits per heavy atom. The van der Waals surface area contributed by atoms with Crippen molar-refractivity contribution in [2.24, 2.45) is 11.7 Å². The van der Waals surface area contributed by atoms with E-state index in [0.717, 1.165) is 5.56 Å². The highest BCUT2D eigenvalue weighted by Crippen LogP contribution is 2.36. The van der Waals surface area contributed by atoms with E-state index in [9.17, 15) is 4.79 Å². The molecule has 0 amide bonds. The number of hydrogen-bond donors (Lipinski definition) is 1. The van der Waals surface area contributed by atoms with Crippen LogP contribution in [0.5, 0.6) is 0 Å². The van der Waals surface area contributed by atoms with Crippen LogP contribution < -0.4 is 5.73 Å². The van der Waals surface area contributed by atoms with Crippen molar-refractivity contribution >= 4 is 5.78 Å². The molecule has 0 bridgehead atoms. The molecule has 2 nitrogen and oxygen atoms in total. The lowest BCUT2D eigenvalue weighted by Crippen LogP contribution is -2.21. The number of carbonyl (C=O) groups is 1. The van der Waals surface area contributed by atoms with Gasteiger partial charge in [0, 0.05) is 18.0 Å². The molecule has 1 atom stereocenters. The summed E-state index contributed by atoms with van der Waals surface area (Å²) in [5.41, 5.74) is 7.67. The minimum absolute atomic E-state index is 0.0726. The Kier molecular flexibility index (Phi) is 3.39. The van der Waals surface area contributed by atoms with Crippen LogP contribution in [0, 0.1) is 5.92 Å². The lowest BCUT2D eigenvalue weighted by molar-refractivity contribution is 0.0934. The van der Waals surface area contributed by atoms with Gasteiger partial charge in [-0.2, -0.15) is 0 Å². The van der Waals surface area contributed by atoms with Crippen molar-refractivity contribution in [3.05, 3.63) is 35.4 Å². The highest BCUT2D eigenvalue weighted by atomic mass is 16.1. The SMILES string of the molecule is CC(CN)C(=O)c1cccc(C2CCC2)c1. The first-order chi connectivity index (χ1) is 7.72. The number of ketones is 1. The van der Waals surface area contributed by atoms with Crippen LogP contribution in [-0.4, -0.2) is 12.3 Å². The van der Waals surface area contributed by atoms with E-state index < -0.39 is 0 Å². The Labute approximate surface area is 96.8 Å². The van der Waals surface area contributed by atoms with E-state index in [4.69, 9.17) is 5.73 Å². The third-order valence-corrected chi connectivity index (χ3v) is 3.55. The van der Waals surface area contributed by atoms with E-state index in [1.165, 1.54) is 24.8 Å². The van der Waals surface area contributed by atoms with Gasteiger partial charge in [0.15, 0.2) is 5.78 Å². The number of hydrogen-bond acceptors (Lipinski definition) is 2. The predicted molar refractivity (Wildman–Crippen MR) is 65.6 cm³/mol. The third-order valence-electron chi connectivity index (χ3n) is 3.55. The number of rotatable bonds is 4. The van der Waals surface area contributed by atoms with Gasteiger partial charge < -0.3 is 5.73 Å². The molecule has 0 radical (unpaired) electrons. The molecule has 1 aliphatic rings. The molecule has 1 aromatic carbocycles. The average Bonchev–Trinajstić information content (AvgIpc) is 2.25. The van der Waals surface area contributed by atoms with Gasteiger partial charge in [-0.15, -0.1) is 0 Å². The fourth-order valence-corrected chi connectivity index (χ4v) is 2.08. The highest BCUT2D eigenvalue weighted by molar-refractivity contribution is 5.97. The maximum absolute atomic E-state index is 12.0. The van der Waals surface area contributed by atoms with Crippen molar-refractivity contribution in [1.82, 2.24) is 0 Å². The maximum Gasteiger partial charge on any atom is 0.166 e. The summed E-state index contributed by atoms with van der Waals surface area (Å²) in [6, 6.07) is 8.08. The Bertz CT molecular complexity index is 382. The van der Waals surface area contributed by atoms with Crippen LogP contribution in [-0.2, 0) is 0 Å². The quantitative estimate of drug-likeness (QED) is 0.788. The largest absolute Gasteiger partial charge is 0.330 e. The summed E-state index contributed by atoms with van der Waals surface area (Å²) in [5.74, 6) is 0.779. The van der Waals surface area contributed by atoms with Crippen molar-refractivity contribution < 1.29 is 4.79 Å². The van der Waals surface area contributed by atoms with E-state index in [1.807, 2.05) is 19.1 Å². The zero-order valence-corrected chi connectivity index (χ0v) is 9.78. The first kappa shape index (κ1) is 11.3. The average molecular weight is 217 g/mol. The van der Waals surface area contributed by atoms with Crippen LogP contribution in [0.25, 0.3) is 0 Å². The number of nitrogens with two attached hydrogens (primary N) is 1. The monoisotopic (exact) mass is 217 g/mol. The van der Waals surface area contributed by atoms with Crippen molar-refractivity contribution in [3.63, 3.8) is 0 Å². The van der Waals surface area contributed by atoms with Gasteiger partial charge in [0.25, 0.3) is 0 Å². The van der Waals surface area contributed by atoms with E-state index in [2.05, 4.69) is 12.1 Å². The molecule has 16 heavy (non-hydrogen) atoms. The molecule has 1 saturated carbocycles. The Hall–Kier alpha value is -1.15. The normalized spacial score (nSPS) is 17.9. The van der Waals surface area contributed by atoms with E-state index in [1.54, 1.807) is 0 Å². The fourth-order valence-electron chi connectivity index (χ4n) is 2.08. The van der Waals surface area contributed by atoms with Crippen LogP contribution in [0.2, 0.25) is 0 Å². The highest BCUT2D eigenvalue weighted by Gasteiger charge is 2.21. The van der Waals surface area contributed by atoms with Crippen LogP contribution in [0.3, 0.4) is 0 Å². The van der Waals surface area contributed by atoms with Crippen molar-refractivity contribution in [2.75, 3.05) is 6.54 Å². The van der Waals surface area contributed by atoms with Gasteiger partial charge in [0.05, 0.1) is 0 Å². The lowest BCUT2D eigenvalue weighted by atomic mass is 9.79. The second kappa shape index (κ2) is 4.79. The van der Waals surface area contributed by atoms with Crippen molar-refractivity contribution in [3.8, 4) is 0 Å². The summed E-state index contributed by atoms with van der Waals surface area (Å²) in [5, 5.41) is 0. The molecule has 0 saturated heterocycles. The molecule has 0 aliphatic heterocycles. The second-order valence-electron chi connectivity index (χ2n) is 4.75. The topological polar surface area (TPSA) is 43.1 Å². The number of carbonyl (C=O) groups excluding carboxylic acids is 1. The summed E-state index contributed by atoms with van der Waals surface area (Å²) in [6.45, 7) is 2.31. The summed E-state index contributed by atoms with van der Waals surface area (Å²) in [7, 11) is 0. The summed E-state index contributed by atoms with van der Waals surface area (Å²) in [6.07, 6.45) is 3.86. The zero-order chi connectivity index (χ0) is 11.5. The fraction of sp³-hybridized carbons (Fsp3) is 0.500. The van der Waals surface area contributed by atoms with Crippen LogP contribution >= 0.6 is 0 Å². The van der Waals surface area contributed by atoms with E-state index >= 15 is 0 Å².